The van der Waals surface area contributed by atoms with E-state index in [-0.39, 0.29) is 81.7 Å². The third-order valence-corrected chi connectivity index (χ3v) is 22.7. The van der Waals surface area contributed by atoms with Gasteiger partial charge >= 0.3 is 0 Å². The summed E-state index contributed by atoms with van der Waals surface area (Å²) in [6.07, 6.45) is 55.2. The Morgan fingerprint density at radius 1 is 0.574 bits per heavy atom. The molecule has 5 saturated carbocycles. The summed E-state index contributed by atoms with van der Waals surface area (Å²) < 4.78 is 6.02. The van der Waals surface area contributed by atoms with Gasteiger partial charge in [-0.1, -0.05) is 218 Å². The van der Waals surface area contributed by atoms with Crippen molar-refractivity contribution in [3.63, 3.8) is 0 Å². The van der Waals surface area contributed by atoms with Gasteiger partial charge in [-0.15, -0.1) is 30.1 Å². The van der Waals surface area contributed by atoms with Crippen LogP contribution in [0.15, 0.2) is 176 Å². The fraction of sp³-hybridized carbons (Fsp3) is 0.447. The van der Waals surface area contributed by atoms with Gasteiger partial charge in [0.1, 0.15) is 6.57 Å². The second kappa shape index (κ2) is 38.6. The van der Waals surface area contributed by atoms with Gasteiger partial charge in [-0.3, -0.25) is 15.0 Å². The van der Waals surface area contributed by atoms with Crippen LogP contribution in [0.3, 0.4) is 0 Å². The van der Waals surface area contributed by atoms with Crippen molar-refractivity contribution in [2.45, 2.75) is 207 Å². The van der Waals surface area contributed by atoms with Crippen molar-refractivity contribution in [1.29, 1.82) is 5.41 Å². The van der Waals surface area contributed by atoms with Gasteiger partial charge in [-0.2, -0.15) is 0 Å². The van der Waals surface area contributed by atoms with Crippen molar-refractivity contribution in [2.24, 2.45) is 38.5 Å². The molecule has 0 unspecified atom stereocenters. The molecular formula is C85H100Ir2N12PdPt-4. The van der Waals surface area contributed by atoms with E-state index in [0.29, 0.717) is 39.4 Å². The first kappa shape index (κ1) is 80.6. The Kier molecular flexibility index (Phi) is 30.9. The van der Waals surface area contributed by atoms with Crippen LogP contribution in [0.2, 0.25) is 0 Å². The van der Waals surface area contributed by atoms with Crippen molar-refractivity contribution < 1.29 is 81.7 Å². The molecule has 10 aromatic rings. The smallest absolute Gasteiger partial charge is 0.225 e. The molecular weight excluding hydrogens is 1870 g/mol. The SMILES string of the molecule is CC1(CC(=N)C[CH-]N=c2nccc[nH]2)CCC(C2CCCCC2)CC1.CC1(Cc2ccc3c(c[c-]n3-c3ccccn3)c2)CCC(c2ccccc2)CC1.CCC1(Cc2ccnc(-n3[c-]cc4ncccc43)c2)CCCC1.[C-]#[N+]c1c[c-]n(-c2ccccn2)c1CC1(C)CCCC1.[Ir].[Ir].[Pd].[Pt]. The first-order valence-electron chi connectivity index (χ1n) is 36.5. The number of nitrogens with zero attached hydrogens (tertiary/aromatic N) is 10. The van der Waals surface area contributed by atoms with E-state index >= 15 is 0 Å². The van der Waals surface area contributed by atoms with Crippen LogP contribution in [-0.2, 0) is 101 Å². The largest absolute Gasteiger partial charge is 0.429 e. The van der Waals surface area contributed by atoms with E-state index in [1.54, 1.807) is 18.5 Å². The average molecular weight is 1980 g/mol. The van der Waals surface area contributed by atoms with Crippen LogP contribution in [0.5, 0.6) is 0 Å². The summed E-state index contributed by atoms with van der Waals surface area (Å²) in [5.74, 6) is 5.40. The van der Waals surface area contributed by atoms with E-state index < -0.39 is 0 Å². The Bertz CT molecular complexity index is 4220. The summed E-state index contributed by atoms with van der Waals surface area (Å²) in [7, 11) is 0. The molecule has 15 rings (SSSR count). The van der Waals surface area contributed by atoms with E-state index in [2.05, 4.69) is 159 Å². The number of hydrogen-bond acceptors (Lipinski definition) is 7. The van der Waals surface area contributed by atoms with Gasteiger partial charge in [0.15, 0.2) is 0 Å². The molecule has 0 spiro atoms. The fourth-order valence-corrected chi connectivity index (χ4v) is 16.9. The van der Waals surface area contributed by atoms with Gasteiger partial charge in [0.25, 0.3) is 0 Å². The second-order valence-corrected chi connectivity index (χ2v) is 30.0. The van der Waals surface area contributed by atoms with Crippen LogP contribution >= 0.6 is 0 Å². The molecule has 5 fully saturated rings. The first-order valence-corrected chi connectivity index (χ1v) is 36.5. The summed E-state index contributed by atoms with van der Waals surface area (Å²) in [6.45, 7) is 18.7. The van der Waals surface area contributed by atoms with Crippen molar-refractivity contribution in [1.82, 2.24) is 43.6 Å². The Balaban J connectivity index is 0.000000170. The third kappa shape index (κ3) is 21.6. The monoisotopic (exact) mass is 1980 g/mol. The number of hydrogen-bond donors (Lipinski definition) is 2. The van der Waals surface area contributed by atoms with Crippen LogP contribution in [0, 0.1) is 70.6 Å². The number of H-pyrrole nitrogens is 1. The van der Waals surface area contributed by atoms with Crippen LogP contribution in [0.4, 0.5) is 5.69 Å². The van der Waals surface area contributed by atoms with E-state index in [4.69, 9.17) is 12.0 Å². The predicted octanol–water partition coefficient (Wildman–Crippen LogP) is 20.9. The molecule has 8 aromatic heterocycles. The van der Waals surface area contributed by atoms with Gasteiger partial charge in [0, 0.05) is 113 Å². The number of nitrogens with one attached hydrogen (secondary N) is 2. The van der Waals surface area contributed by atoms with E-state index in [1.165, 1.54) is 169 Å². The van der Waals surface area contributed by atoms with E-state index in [1.807, 2.05) is 99.6 Å². The van der Waals surface area contributed by atoms with Crippen molar-refractivity contribution in [2.75, 3.05) is 0 Å². The molecule has 5 aliphatic rings. The average Bonchev–Trinajstić information content (AvgIpc) is 1.71. The van der Waals surface area contributed by atoms with Gasteiger partial charge in [-0.25, -0.2) is 4.85 Å². The maximum atomic E-state index is 8.34. The van der Waals surface area contributed by atoms with Gasteiger partial charge in [-0.05, 0) is 208 Å². The van der Waals surface area contributed by atoms with Crippen LogP contribution in [0.25, 0.3) is 44.2 Å². The zero-order valence-corrected chi connectivity index (χ0v) is 68.0. The molecule has 12 nitrogen and oxygen atoms in total. The molecule has 0 saturated heterocycles. The Hall–Kier alpha value is -6.04. The number of rotatable bonds is 17. The quantitative estimate of drug-likeness (QED) is 0.0532. The van der Waals surface area contributed by atoms with Gasteiger partial charge in [0.2, 0.25) is 5.69 Å². The minimum absolute atomic E-state index is 0. The number of fused-ring (bicyclic) bond motifs is 2. The third-order valence-electron chi connectivity index (χ3n) is 22.7. The Morgan fingerprint density at radius 2 is 1.18 bits per heavy atom. The molecule has 8 heterocycles. The summed E-state index contributed by atoms with van der Waals surface area (Å²) in [4.78, 5) is 32.9. The van der Waals surface area contributed by atoms with Crippen molar-refractivity contribution in [3.8, 4) is 17.5 Å². The zero-order valence-electron chi connectivity index (χ0n) is 59.3. The van der Waals surface area contributed by atoms with E-state index in [0.717, 1.165) is 83.3 Å². The molecule has 2 N–H and O–H groups in total. The molecule has 2 aromatic carbocycles. The van der Waals surface area contributed by atoms with Crippen molar-refractivity contribution >= 4 is 33.3 Å². The van der Waals surface area contributed by atoms with Crippen LogP contribution < -0.4 is 5.62 Å². The molecule has 5 aliphatic carbocycles. The van der Waals surface area contributed by atoms with Gasteiger partial charge in [0.05, 0.1) is 23.1 Å². The summed E-state index contributed by atoms with van der Waals surface area (Å²) in [5, 5.41) is 9.59. The molecule has 0 aliphatic heterocycles. The molecule has 101 heavy (non-hydrogen) atoms. The summed E-state index contributed by atoms with van der Waals surface area (Å²) in [5.41, 5.74) is 12.2. The topological polar surface area (TPSA) is 136 Å². The standard InChI is InChI=1S/C27H27N2.C21H33N4.C20H22N3.C17H18N3.2Ir.Pd.Pt/c1-27(15-12-23(13-16-27)22-7-3-2-4-8-22)20-21-10-11-25-24(19-21)14-18-29(25)26-9-5-6-17-28-26;1-21(11-8-18(9-12-21)17-6-3-2-4-7-17)16-19(22)10-15-25-20-23-13-5-14-24-20;1-2-20(9-3-4-10-20)15-16-7-12-22-19(14-16)23-13-8-17-18(23)6-5-11-21-17;1-17(9-4-5-10-17)13-15-14(18-2)8-12-20(15)16-7-3-6-11-19-16;;;;/h2-11,14,17,19,23H,12-13,15-16,20H2,1H3;5,13-15,17-18,22H,2-4,6-12,16H2,1H3,(H,23,24,25);5-8,11-12,14H,2-4,9-10,15H2,1H3;3,6-8,11H,4-5,9-10,13H2,1H3;;;;/q4*-1;;;;. The number of aromatic amines is 1. The summed E-state index contributed by atoms with van der Waals surface area (Å²) in [6, 6.07) is 45.8. The second-order valence-electron chi connectivity index (χ2n) is 30.0. The normalized spacial score (nSPS) is 20.6. The maximum Gasteiger partial charge on any atom is 0.225 e. The fourth-order valence-electron chi connectivity index (χ4n) is 16.9. The number of aromatic nitrogens is 9. The molecule has 542 valence electrons. The minimum Gasteiger partial charge on any atom is -0.429 e. The Morgan fingerprint density at radius 3 is 1.85 bits per heavy atom. The molecule has 16 heteroatoms. The predicted molar refractivity (Wildman–Crippen MR) is 393 cm³/mol. The first-order chi connectivity index (χ1) is 47.4. The molecule has 0 atom stereocenters. The number of benzene rings is 2. The number of pyridine rings is 4. The van der Waals surface area contributed by atoms with Crippen LogP contribution in [-0.4, -0.2) is 49.3 Å². The van der Waals surface area contributed by atoms with Gasteiger partial charge < -0.3 is 39.1 Å². The maximum absolute atomic E-state index is 8.34. The minimum atomic E-state index is 0. The van der Waals surface area contributed by atoms with E-state index in [9.17, 15) is 0 Å². The molecule has 2 radical (unpaired) electrons. The molecule has 0 bridgehead atoms. The molecule has 0 amide bonds. The summed E-state index contributed by atoms with van der Waals surface area (Å²) >= 11 is 0. The zero-order chi connectivity index (χ0) is 66.9. The Labute approximate surface area is 656 Å². The van der Waals surface area contributed by atoms with Crippen LogP contribution in [0.1, 0.15) is 210 Å². The van der Waals surface area contributed by atoms with Crippen molar-refractivity contribution in [3.05, 3.63) is 235 Å².